The summed E-state index contributed by atoms with van der Waals surface area (Å²) in [6, 6.07) is 0. The molecule has 2 heterocycles. The molecule has 0 N–H and O–H groups in total. The first-order valence-corrected chi connectivity index (χ1v) is 5.40. The lowest BCUT2D eigenvalue weighted by atomic mass is 9.84. The lowest BCUT2D eigenvalue weighted by molar-refractivity contribution is 0.0736. The van der Waals surface area contributed by atoms with E-state index in [2.05, 4.69) is 13.0 Å². The molecule has 0 radical (unpaired) electrons. The molecule has 1 nitrogen and oxygen atoms in total. The Morgan fingerprint density at radius 3 is 3.23 bits per heavy atom. The molecule has 1 heteroatoms. The van der Waals surface area contributed by atoms with E-state index in [9.17, 15) is 0 Å². The second-order valence-electron chi connectivity index (χ2n) is 4.42. The van der Waals surface area contributed by atoms with Crippen molar-refractivity contribution in [3.8, 4) is 0 Å². The Balaban J connectivity index is 2.09. The van der Waals surface area contributed by atoms with Crippen LogP contribution in [0.2, 0.25) is 0 Å². The lowest BCUT2D eigenvalue weighted by Gasteiger charge is -2.21. The normalized spacial score (nSPS) is 37.5. The summed E-state index contributed by atoms with van der Waals surface area (Å²) in [5, 5.41) is 0. The molecule has 2 aliphatic heterocycles. The smallest absolute Gasteiger partial charge is 0.101 e. The van der Waals surface area contributed by atoms with E-state index in [1.54, 1.807) is 16.7 Å². The highest BCUT2D eigenvalue weighted by Gasteiger charge is 2.37. The van der Waals surface area contributed by atoms with Crippen molar-refractivity contribution in [3.63, 3.8) is 0 Å². The molecule has 1 aliphatic carbocycles. The number of hydrogen-bond donors (Lipinski definition) is 0. The Bertz CT molecular complexity index is 298. The van der Waals surface area contributed by atoms with Crippen LogP contribution >= 0.6 is 0 Å². The van der Waals surface area contributed by atoms with Gasteiger partial charge in [0.15, 0.2) is 0 Å². The van der Waals surface area contributed by atoms with Crippen LogP contribution in [-0.4, -0.2) is 12.2 Å². The average molecular weight is 176 g/mol. The summed E-state index contributed by atoms with van der Waals surface area (Å²) in [5.41, 5.74) is 4.73. The Morgan fingerprint density at radius 1 is 1.38 bits per heavy atom. The first kappa shape index (κ1) is 7.81. The van der Waals surface area contributed by atoms with Crippen molar-refractivity contribution in [2.75, 3.05) is 0 Å². The molecule has 0 aromatic heterocycles. The van der Waals surface area contributed by atoms with Crippen LogP contribution in [0.1, 0.15) is 39.0 Å². The van der Waals surface area contributed by atoms with Crippen molar-refractivity contribution >= 4 is 0 Å². The Kier molecular flexibility index (Phi) is 1.63. The van der Waals surface area contributed by atoms with Gasteiger partial charge in [0.2, 0.25) is 0 Å². The molecule has 0 aromatic rings. The topological polar surface area (TPSA) is 9.23 Å². The van der Waals surface area contributed by atoms with E-state index < -0.39 is 0 Å². The minimum absolute atomic E-state index is 0.404. The van der Waals surface area contributed by atoms with Crippen LogP contribution in [0.3, 0.4) is 0 Å². The van der Waals surface area contributed by atoms with Gasteiger partial charge in [-0.05, 0) is 55.7 Å². The summed E-state index contributed by atoms with van der Waals surface area (Å²) in [5.74, 6) is 0. The molecule has 1 saturated heterocycles. The molecule has 70 valence electrons. The molecule has 2 bridgehead atoms. The van der Waals surface area contributed by atoms with Gasteiger partial charge >= 0.3 is 0 Å². The van der Waals surface area contributed by atoms with Crippen molar-refractivity contribution in [1.82, 2.24) is 0 Å². The molecular weight excluding hydrogens is 160 g/mol. The molecule has 0 aromatic carbocycles. The summed E-state index contributed by atoms with van der Waals surface area (Å²) >= 11 is 0. The zero-order valence-electron chi connectivity index (χ0n) is 8.18. The lowest BCUT2D eigenvalue weighted by Crippen LogP contribution is -2.16. The number of ether oxygens (including phenoxy) is 1. The monoisotopic (exact) mass is 176 g/mol. The standard InChI is InChI=1S/C12H16O/c1-8-10-6-2-4-9-5-3-7-11(8)13-12(9)10/h4,11-12H,2-3,5-7H2,1H3. The number of rotatable bonds is 0. The molecule has 13 heavy (non-hydrogen) atoms. The van der Waals surface area contributed by atoms with Gasteiger partial charge in [-0.25, -0.2) is 0 Å². The van der Waals surface area contributed by atoms with E-state index in [0.29, 0.717) is 12.2 Å². The van der Waals surface area contributed by atoms with Gasteiger partial charge in [-0.3, -0.25) is 0 Å². The van der Waals surface area contributed by atoms with Gasteiger partial charge in [0.1, 0.15) is 6.10 Å². The summed E-state index contributed by atoms with van der Waals surface area (Å²) in [4.78, 5) is 0. The van der Waals surface area contributed by atoms with E-state index in [1.165, 1.54) is 32.1 Å². The van der Waals surface area contributed by atoms with Gasteiger partial charge in [0.05, 0.1) is 6.10 Å². The van der Waals surface area contributed by atoms with E-state index in [0.717, 1.165) is 0 Å². The zero-order chi connectivity index (χ0) is 8.84. The second kappa shape index (κ2) is 2.71. The Morgan fingerprint density at radius 2 is 2.31 bits per heavy atom. The minimum Gasteiger partial charge on any atom is -0.362 e. The molecule has 0 spiro atoms. The predicted molar refractivity (Wildman–Crippen MR) is 52.5 cm³/mol. The molecule has 2 unspecified atom stereocenters. The summed E-state index contributed by atoms with van der Waals surface area (Å²) in [6.45, 7) is 2.27. The van der Waals surface area contributed by atoms with Gasteiger partial charge < -0.3 is 4.74 Å². The molecule has 2 atom stereocenters. The van der Waals surface area contributed by atoms with Crippen LogP contribution in [0.4, 0.5) is 0 Å². The van der Waals surface area contributed by atoms with E-state index in [4.69, 9.17) is 4.74 Å². The number of fused-ring (bicyclic) bond motifs is 1. The fourth-order valence-electron chi connectivity index (χ4n) is 2.93. The maximum absolute atomic E-state index is 6.06. The highest BCUT2D eigenvalue weighted by molar-refractivity contribution is 5.37. The largest absolute Gasteiger partial charge is 0.362 e. The summed E-state index contributed by atoms with van der Waals surface area (Å²) in [6.07, 6.45) is 9.60. The van der Waals surface area contributed by atoms with Crippen LogP contribution < -0.4 is 0 Å². The van der Waals surface area contributed by atoms with Gasteiger partial charge in [-0.2, -0.15) is 0 Å². The van der Waals surface area contributed by atoms with Crippen molar-refractivity contribution in [3.05, 3.63) is 22.8 Å². The van der Waals surface area contributed by atoms with Crippen LogP contribution in [0, 0.1) is 0 Å². The third-order valence-corrected chi connectivity index (χ3v) is 3.70. The predicted octanol–water partition coefficient (Wildman–Crippen LogP) is 2.97. The first-order valence-electron chi connectivity index (χ1n) is 5.40. The molecule has 3 aliphatic rings. The van der Waals surface area contributed by atoms with Crippen molar-refractivity contribution in [2.24, 2.45) is 0 Å². The zero-order valence-corrected chi connectivity index (χ0v) is 8.18. The number of allylic oxidation sites excluding steroid dienone is 1. The van der Waals surface area contributed by atoms with E-state index in [1.807, 2.05) is 0 Å². The number of hydrogen-bond acceptors (Lipinski definition) is 1. The molecule has 0 saturated carbocycles. The third kappa shape index (κ3) is 1.03. The van der Waals surface area contributed by atoms with Crippen molar-refractivity contribution < 1.29 is 4.74 Å². The fraction of sp³-hybridized carbons (Fsp3) is 0.667. The average Bonchev–Trinajstić information content (AvgIpc) is 2.38. The SMILES string of the molecule is CC1=C2CCC=C3CCCC1OC32. The molecule has 1 fully saturated rings. The third-order valence-electron chi connectivity index (χ3n) is 3.70. The van der Waals surface area contributed by atoms with Crippen LogP contribution in [0.5, 0.6) is 0 Å². The highest BCUT2D eigenvalue weighted by atomic mass is 16.5. The highest BCUT2D eigenvalue weighted by Crippen LogP contribution is 2.42. The minimum atomic E-state index is 0.404. The van der Waals surface area contributed by atoms with Gasteiger partial charge in [-0.1, -0.05) is 6.08 Å². The van der Waals surface area contributed by atoms with Crippen molar-refractivity contribution in [1.29, 1.82) is 0 Å². The van der Waals surface area contributed by atoms with Gasteiger partial charge in [-0.15, -0.1) is 0 Å². The summed E-state index contributed by atoms with van der Waals surface area (Å²) < 4.78 is 6.06. The van der Waals surface area contributed by atoms with E-state index in [-0.39, 0.29) is 0 Å². The van der Waals surface area contributed by atoms with Crippen molar-refractivity contribution in [2.45, 2.75) is 51.2 Å². The van der Waals surface area contributed by atoms with Gasteiger partial charge in [0, 0.05) is 0 Å². The maximum atomic E-state index is 6.06. The van der Waals surface area contributed by atoms with Crippen LogP contribution in [-0.2, 0) is 4.74 Å². The summed E-state index contributed by atoms with van der Waals surface area (Å²) in [7, 11) is 0. The second-order valence-corrected chi connectivity index (χ2v) is 4.42. The fourth-order valence-corrected chi connectivity index (χ4v) is 2.93. The Hall–Kier alpha value is -0.560. The van der Waals surface area contributed by atoms with Crippen LogP contribution in [0.25, 0.3) is 0 Å². The maximum Gasteiger partial charge on any atom is 0.101 e. The molecule has 0 amide bonds. The molecule has 3 rings (SSSR count). The van der Waals surface area contributed by atoms with E-state index >= 15 is 0 Å². The first-order chi connectivity index (χ1) is 6.36. The van der Waals surface area contributed by atoms with Crippen LogP contribution in [0.15, 0.2) is 22.8 Å². The molecular formula is C12H16O. The quantitative estimate of drug-likeness (QED) is 0.515. The van der Waals surface area contributed by atoms with Gasteiger partial charge in [0.25, 0.3) is 0 Å². The Labute approximate surface area is 79.5 Å².